The van der Waals surface area contributed by atoms with Gasteiger partial charge >= 0.3 is 5.97 Å². The van der Waals surface area contributed by atoms with Crippen molar-refractivity contribution in [1.29, 1.82) is 0 Å². The summed E-state index contributed by atoms with van der Waals surface area (Å²) in [5, 5.41) is 2.84. The van der Waals surface area contributed by atoms with Crippen molar-refractivity contribution < 1.29 is 19.2 Å². The van der Waals surface area contributed by atoms with Gasteiger partial charge in [0.05, 0.1) is 44.0 Å². The zero-order valence-electron chi connectivity index (χ0n) is 15.4. The van der Waals surface area contributed by atoms with Crippen LogP contribution < -0.4 is 15.1 Å². The Morgan fingerprint density at radius 2 is 1.85 bits per heavy atom. The molecule has 1 fully saturated rings. The first-order chi connectivity index (χ1) is 13.2. The summed E-state index contributed by atoms with van der Waals surface area (Å²) in [4.78, 5) is 36.3. The number of quaternary nitrogens is 1. The molecule has 1 aliphatic rings. The quantitative estimate of drug-likeness (QED) is 0.696. The number of esters is 1. The van der Waals surface area contributed by atoms with E-state index in [9.17, 15) is 9.59 Å². The van der Waals surface area contributed by atoms with Gasteiger partial charge in [-0.25, -0.2) is 14.8 Å². The summed E-state index contributed by atoms with van der Waals surface area (Å²) in [6, 6.07) is 8.69. The molecule has 2 N–H and O–H groups in total. The summed E-state index contributed by atoms with van der Waals surface area (Å²) in [6.45, 7) is 5.64. The highest BCUT2D eigenvalue weighted by Crippen LogP contribution is 2.16. The third-order valence-corrected chi connectivity index (χ3v) is 4.41. The van der Waals surface area contributed by atoms with Gasteiger partial charge in [0.2, 0.25) is 5.95 Å². The van der Waals surface area contributed by atoms with Crippen LogP contribution in [0.2, 0.25) is 0 Å². The fourth-order valence-electron chi connectivity index (χ4n) is 3.05. The number of piperazine rings is 1. The van der Waals surface area contributed by atoms with Crippen molar-refractivity contribution in [3.63, 3.8) is 0 Å². The Balaban J connectivity index is 1.53. The predicted molar refractivity (Wildman–Crippen MR) is 101 cm³/mol. The van der Waals surface area contributed by atoms with E-state index >= 15 is 0 Å². The summed E-state index contributed by atoms with van der Waals surface area (Å²) in [5.74, 6) is 0.174. The molecule has 2 heterocycles. The number of carbonyl (C=O) groups excluding carboxylic acids is 2. The molecule has 3 rings (SSSR count). The van der Waals surface area contributed by atoms with Crippen molar-refractivity contribution in [1.82, 2.24) is 9.97 Å². The Labute approximate surface area is 158 Å². The van der Waals surface area contributed by atoms with Gasteiger partial charge in [-0.2, -0.15) is 0 Å². The predicted octanol–water partition coefficient (Wildman–Crippen LogP) is -0.00310. The van der Waals surface area contributed by atoms with E-state index < -0.39 is 5.97 Å². The van der Waals surface area contributed by atoms with Crippen molar-refractivity contribution in [2.24, 2.45) is 0 Å². The summed E-state index contributed by atoms with van der Waals surface area (Å²) < 4.78 is 5.04. The van der Waals surface area contributed by atoms with Gasteiger partial charge in [0.1, 0.15) is 0 Å². The lowest BCUT2D eigenvalue weighted by molar-refractivity contribution is -0.892. The second-order valence-electron chi connectivity index (χ2n) is 6.28. The van der Waals surface area contributed by atoms with E-state index in [1.807, 2.05) is 0 Å². The number of anilines is 2. The highest BCUT2D eigenvalue weighted by Gasteiger charge is 2.24. The van der Waals surface area contributed by atoms with E-state index in [4.69, 9.17) is 4.74 Å². The zero-order valence-corrected chi connectivity index (χ0v) is 15.4. The van der Waals surface area contributed by atoms with E-state index in [1.165, 1.54) is 4.90 Å². The van der Waals surface area contributed by atoms with Crippen LogP contribution in [-0.2, 0) is 9.53 Å². The standard InChI is InChI=1S/C19H23N5O3/c1-2-27-18(26)15-6-3-4-7-16(15)22-17(25)14-23-10-12-24(13-11-23)19-20-8-5-9-21-19/h3-9H,2,10-14H2,1H3,(H,22,25)/p+1. The molecule has 1 saturated heterocycles. The number of nitrogens with one attached hydrogen (secondary N) is 2. The SMILES string of the molecule is CCOC(=O)c1ccccc1NC(=O)C[NH+]1CCN(c2ncccn2)CC1. The summed E-state index contributed by atoms with van der Waals surface area (Å²) in [5.41, 5.74) is 0.852. The number of amides is 1. The average molecular weight is 370 g/mol. The molecule has 1 amide bonds. The lowest BCUT2D eigenvalue weighted by atomic mass is 10.2. The summed E-state index contributed by atoms with van der Waals surface area (Å²) in [6.07, 6.45) is 3.46. The summed E-state index contributed by atoms with van der Waals surface area (Å²) >= 11 is 0. The van der Waals surface area contributed by atoms with Gasteiger partial charge in [-0.3, -0.25) is 4.79 Å². The van der Waals surface area contributed by atoms with Crippen LogP contribution in [0.15, 0.2) is 42.7 Å². The number of nitrogens with zero attached hydrogens (tertiary/aromatic N) is 3. The number of benzene rings is 1. The van der Waals surface area contributed by atoms with Crippen LogP contribution in [0.3, 0.4) is 0 Å². The Morgan fingerprint density at radius 3 is 2.56 bits per heavy atom. The molecule has 0 spiro atoms. The zero-order chi connectivity index (χ0) is 19.1. The maximum Gasteiger partial charge on any atom is 0.340 e. The first-order valence-corrected chi connectivity index (χ1v) is 9.09. The van der Waals surface area contributed by atoms with Crippen molar-refractivity contribution in [3.8, 4) is 0 Å². The molecule has 0 atom stereocenters. The van der Waals surface area contributed by atoms with Gasteiger partial charge in [0.15, 0.2) is 6.54 Å². The molecule has 0 saturated carbocycles. The minimum absolute atomic E-state index is 0.119. The third kappa shape index (κ3) is 5.01. The molecular weight excluding hydrogens is 346 g/mol. The fraction of sp³-hybridized carbons (Fsp3) is 0.368. The number of ether oxygens (including phenoxy) is 1. The molecule has 0 aliphatic carbocycles. The number of aromatic nitrogens is 2. The topological polar surface area (TPSA) is 88.9 Å². The Kier molecular flexibility index (Phi) is 6.32. The Hall–Kier alpha value is -3.00. The second kappa shape index (κ2) is 9.09. The molecule has 0 bridgehead atoms. The molecule has 142 valence electrons. The first kappa shape index (κ1) is 18.8. The third-order valence-electron chi connectivity index (χ3n) is 4.41. The van der Waals surface area contributed by atoms with E-state index in [1.54, 1.807) is 49.6 Å². The van der Waals surface area contributed by atoms with E-state index in [0.717, 1.165) is 32.1 Å². The van der Waals surface area contributed by atoms with E-state index in [-0.39, 0.29) is 5.91 Å². The molecular formula is C19H24N5O3+. The molecule has 1 aliphatic heterocycles. The van der Waals surface area contributed by atoms with Gasteiger partial charge in [-0.15, -0.1) is 0 Å². The van der Waals surface area contributed by atoms with Crippen molar-refractivity contribution in [3.05, 3.63) is 48.3 Å². The second-order valence-corrected chi connectivity index (χ2v) is 6.28. The van der Waals surface area contributed by atoms with Crippen molar-refractivity contribution in [2.75, 3.05) is 49.5 Å². The highest BCUT2D eigenvalue weighted by molar-refractivity contribution is 6.01. The van der Waals surface area contributed by atoms with E-state index in [2.05, 4.69) is 20.2 Å². The maximum atomic E-state index is 12.4. The summed E-state index contributed by atoms with van der Waals surface area (Å²) in [7, 11) is 0. The largest absolute Gasteiger partial charge is 0.462 e. The Morgan fingerprint density at radius 1 is 1.15 bits per heavy atom. The fourth-order valence-corrected chi connectivity index (χ4v) is 3.05. The molecule has 1 aromatic carbocycles. The number of rotatable bonds is 6. The van der Waals surface area contributed by atoms with Crippen LogP contribution in [0, 0.1) is 0 Å². The molecule has 1 aromatic heterocycles. The van der Waals surface area contributed by atoms with Gasteiger partial charge in [-0.05, 0) is 25.1 Å². The number of hydrogen-bond donors (Lipinski definition) is 2. The number of para-hydroxylation sites is 1. The lowest BCUT2D eigenvalue weighted by Gasteiger charge is -2.31. The molecule has 0 unspecified atom stereocenters. The van der Waals surface area contributed by atoms with Gasteiger partial charge in [0, 0.05) is 12.4 Å². The van der Waals surface area contributed by atoms with Crippen LogP contribution in [-0.4, -0.2) is 61.2 Å². The Bertz CT molecular complexity index is 776. The van der Waals surface area contributed by atoms with Crippen LogP contribution >= 0.6 is 0 Å². The number of hydrogen-bond acceptors (Lipinski definition) is 6. The number of carbonyl (C=O) groups is 2. The van der Waals surface area contributed by atoms with Gasteiger partial charge < -0.3 is 19.9 Å². The molecule has 0 radical (unpaired) electrons. The van der Waals surface area contributed by atoms with Crippen LogP contribution in [0.4, 0.5) is 11.6 Å². The van der Waals surface area contributed by atoms with Gasteiger partial charge in [0.25, 0.3) is 5.91 Å². The minimum atomic E-state index is -0.433. The normalized spacial score (nSPS) is 14.6. The monoisotopic (exact) mass is 370 g/mol. The average Bonchev–Trinajstić information content (AvgIpc) is 2.70. The van der Waals surface area contributed by atoms with Crippen LogP contribution in [0.1, 0.15) is 17.3 Å². The molecule has 2 aromatic rings. The minimum Gasteiger partial charge on any atom is -0.462 e. The lowest BCUT2D eigenvalue weighted by Crippen LogP contribution is -3.15. The van der Waals surface area contributed by atoms with Crippen molar-refractivity contribution in [2.45, 2.75) is 6.92 Å². The van der Waals surface area contributed by atoms with E-state index in [0.29, 0.717) is 24.4 Å². The van der Waals surface area contributed by atoms with Crippen LogP contribution in [0.25, 0.3) is 0 Å². The molecule has 8 nitrogen and oxygen atoms in total. The smallest absolute Gasteiger partial charge is 0.340 e. The van der Waals surface area contributed by atoms with Crippen molar-refractivity contribution >= 4 is 23.5 Å². The molecule has 27 heavy (non-hydrogen) atoms. The highest BCUT2D eigenvalue weighted by atomic mass is 16.5. The van der Waals surface area contributed by atoms with Gasteiger partial charge in [-0.1, -0.05) is 12.1 Å². The van der Waals surface area contributed by atoms with Crippen LogP contribution in [0.5, 0.6) is 0 Å². The molecule has 8 heteroatoms. The maximum absolute atomic E-state index is 12.4. The first-order valence-electron chi connectivity index (χ1n) is 9.09.